The first-order valence-electron chi connectivity index (χ1n) is 19.0. The molecule has 3 aromatic carbocycles. The Morgan fingerprint density at radius 1 is 1.06 bits per heavy atom. The Hall–Kier alpha value is -3.96. The third kappa shape index (κ3) is 8.72. The standard InChI is InChI=1S/C43H61N5O5/c1-26-19-36(27(2)28(3)43(26,5)6)46-42(51)39-38(29(4)49)37(24-45-23-30-15-12-11-13-16-30)53-48(39)25-31-17-14-18-35(40(31)52-10)32-20-33(41(50)44-7)22-34(21-32)47(8)9/h11-18,20-22,26-29,36-39,45,49H,19,23-25H2,1-10H3,(H,44,50)(H,46,51)/t26-,27+,28+,29+,36+,37+,38-,39+/m1/s1. The summed E-state index contributed by atoms with van der Waals surface area (Å²) in [6.07, 6.45) is -0.389. The van der Waals surface area contributed by atoms with Crippen LogP contribution in [0.5, 0.6) is 5.75 Å². The van der Waals surface area contributed by atoms with Crippen molar-refractivity contribution in [3.05, 3.63) is 83.4 Å². The van der Waals surface area contributed by atoms with Gasteiger partial charge in [0, 0.05) is 68.6 Å². The van der Waals surface area contributed by atoms with Crippen molar-refractivity contribution in [2.24, 2.45) is 29.1 Å². The quantitative estimate of drug-likeness (QED) is 0.173. The van der Waals surface area contributed by atoms with E-state index >= 15 is 0 Å². The highest BCUT2D eigenvalue weighted by molar-refractivity contribution is 5.97. The summed E-state index contributed by atoms with van der Waals surface area (Å²) in [7, 11) is 7.14. The minimum absolute atomic E-state index is 0.00336. The van der Waals surface area contributed by atoms with E-state index in [0.29, 0.717) is 36.2 Å². The number of benzene rings is 3. The van der Waals surface area contributed by atoms with Gasteiger partial charge in [0.25, 0.3) is 5.91 Å². The van der Waals surface area contributed by atoms with Crippen molar-refractivity contribution in [1.82, 2.24) is 21.0 Å². The van der Waals surface area contributed by atoms with Crippen LogP contribution in [0.1, 0.15) is 69.4 Å². The second-order valence-electron chi connectivity index (χ2n) is 16.1. The number of anilines is 1. The number of nitrogens with zero attached hydrogens (tertiary/aromatic N) is 2. The van der Waals surface area contributed by atoms with Crippen molar-refractivity contribution in [2.75, 3.05) is 39.7 Å². The molecule has 0 radical (unpaired) electrons. The fourth-order valence-corrected chi connectivity index (χ4v) is 8.33. The molecule has 8 atom stereocenters. The lowest BCUT2D eigenvalue weighted by atomic mass is 9.58. The van der Waals surface area contributed by atoms with E-state index in [-0.39, 0.29) is 35.7 Å². The number of hydroxylamine groups is 2. The first-order valence-corrected chi connectivity index (χ1v) is 19.0. The zero-order chi connectivity index (χ0) is 38.6. The summed E-state index contributed by atoms with van der Waals surface area (Å²) in [6.45, 7) is 14.6. The number of carbonyl (C=O) groups excluding carboxylic acids is 2. The molecule has 10 heteroatoms. The molecule has 2 fully saturated rings. The molecule has 288 valence electrons. The van der Waals surface area contributed by atoms with Crippen LogP contribution < -0.4 is 25.6 Å². The smallest absolute Gasteiger partial charge is 0.251 e. The lowest BCUT2D eigenvalue weighted by Gasteiger charge is -2.50. The number of nitrogens with one attached hydrogen (secondary N) is 3. The zero-order valence-corrected chi connectivity index (χ0v) is 33.3. The third-order valence-electron chi connectivity index (χ3n) is 12.4. The van der Waals surface area contributed by atoms with E-state index in [4.69, 9.17) is 9.57 Å². The number of aliphatic hydroxyl groups excluding tert-OH is 1. The van der Waals surface area contributed by atoms with Gasteiger partial charge in [-0.1, -0.05) is 83.1 Å². The molecule has 10 nitrogen and oxygen atoms in total. The van der Waals surface area contributed by atoms with Crippen LogP contribution in [-0.4, -0.2) is 81.1 Å². The summed E-state index contributed by atoms with van der Waals surface area (Å²) in [4.78, 5) is 36.1. The van der Waals surface area contributed by atoms with Crippen molar-refractivity contribution >= 4 is 17.5 Å². The Morgan fingerprint density at radius 2 is 1.77 bits per heavy atom. The van der Waals surface area contributed by atoms with Crippen LogP contribution >= 0.6 is 0 Å². The van der Waals surface area contributed by atoms with E-state index < -0.39 is 24.2 Å². The van der Waals surface area contributed by atoms with E-state index in [1.807, 2.05) is 73.6 Å². The number of aliphatic hydroxyl groups is 1. The van der Waals surface area contributed by atoms with Gasteiger partial charge in [-0.3, -0.25) is 14.4 Å². The topological polar surface area (TPSA) is 115 Å². The van der Waals surface area contributed by atoms with Gasteiger partial charge in [-0.05, 0) is 65.8 Å². The molecule has 1 saturated carbocycles. The van der Waals surface area contributed by atoms with Gasteiger partial charge >= 0.3 is 0 Å². The summed E-state index contributed by atoms with van der Waals surface area (Å²) in [5.74, 6) is 0.935. The molecule has 0 bridgehead atoms. The number of hydrogen-bond acceptors (Lipinski definition) is 8. The Bertz CT molecular complexity index is 1710. The van der Waals surface area contributed by atoms with Gasteiger partial charge in [0.1, 0.15) is 11.8 Å². The molecule has 0 spiro atoms. The molecular formula is C43H61N5O5. The minimum Gasteiger partial charge on any atom is -0.496 e. The van der Waals surface area contributed by atoms with Crippen LogP contribution in [0.15, 0.2) is 66.7 Å². The van der Waals surface area contributed by atoms with Crippen LogP contribution in [0.25, 0.3) is 11.1 Å². The van der Waals surface area contributed by atoms with Gasteiger partial charge in [0.05, 0.1) is 25.9 Å². The highest BCUT2D eigenvalue weighted by Gasteiger charge is 2.51. The lowest BCUT2D eigenvalue weighted by molar-refractivity contribution is -0.175. The largest absolute Gasteiger partial charge is 0.496 e. The molecule has 1 saturated heterocycles. The van der Waals surface area contributed by atoms with Crippen LogP contribution in [0.2, 0.25) is 0 Å². The number of methoxy groups -OCH3 is 1. The summed E-state index contributed by atoms with van der Waals surface area (Å²) in [5.41, 5.74) is 5.17. The normalized spacial score (nSPS) is 26.1. The third-order valence-corrected chi connectivity index (χ3v) is 12.4. The number of hydrogen-bond donors (Lipinski definition) is 4. The maximum atomic E-state index is 14.6. The van der Waals surface area contributed by atoms with Gasteiger partial charge in [-0.2, -0.15) is 5.06 Å². The fraction of sp³-hybridized carbons (Fsp3) is 0.535. The Balaban J connectivity index is 1.49. The predicted octanol–water partition coefficient (Wildman–Crippen LogP) is 5.88. The average Bonchev–Trinajstić information content (AvgIpc) is 3.51. The van der Waals surface area contributed by atoms with Crippen molar-refractivity contribution < 1.29 is 24.3 Å². The molecule has 0 aromatic heterocycles. The maximum Gasteiger partial charge on any atom is 0.251 e. The molecule has 5 rings (SSSR count). The van der Waals surface area contributed by atoms with E-state index in [1.54, 1.807) is 26.1 Å². The number of rotatable bonds is 13. The van der Waals surface area contributed by atoms with Gasteiger partial charge < -0.3 is 30.7 Å². The maximum absolute atomic E-state index is 14.6. The second-order valence-corrected chi connectivity index (χ2v) is 16.1. The number of carbonyl (C=O) groups is 2. The molecule has 53 heavy (non-hydrogen) atoms. The first-order chi connectivity index (χ1) is 25.2. The monoisotopic (exact) mass is 727 g/mol. The van der Waals surface area contributed by atoms with Crippen molar-refractivity contribution in [2.45, 2.75) is 85.3 Å². The number of ether oxygens (including phenoxy) is 1. The van der Waals surface area contributed by atoms with Gasteiger partial charge in [0.15, 0.2) is 0 Å². The minimum atomic E-state index is -0.815. The van der Waals surface area contributed by atoms with Crippen LogP contribution in [0.3, 0.4) is 0 Å². The Labute approximate surface area is 316 Å². The van der Waals surface area contributed by atoms with E-state index in [9.17, 15) is 14.7 Å². The molecule has 2 aliphatic rings. The summed E-state index contributed by atoms with van der Waals surface area (Å²) < 4.78 is 6.10. The average molecular weight is 728 g/mol. The fourth-order valence-electron chi connectivity index (χ4n) is 8.33. The van der Waals surface area contributed by atoms with Gasteiger partial charge in [0.2, 0.25) is 5.91 Å². The van der Waals surface area contributed by atoms with Crippen molar-refractivity contribution in [3.8, 4) is 16.9 Å². The number of para-hydroxylation sites is 1. The summed E-state index contributed by atoms with van der Waals surface area (Å²) >= 11 is 0. The van der Waals surface area contributed by atoms with E-state index in [0.717, 1.165) is 34.4 Å². The molecule has 1 aliphatic carbocycles. The molecule has 4 N–H and O–H groups in total. The predicted molar refractivity (Wildman–Crippen MR) is 211 cm³/mol. The van der Waals surface area contributed by atoms with Gasteiger partial charge in [-0.15, -0.1) is 0 Å². The SMILES string of the molecule is CNC(=O)c1cc(-c2cccc(CN3O[C@@H](CNCc4ccccc4)[C@@H]([C@H](C)O)[C@H]3C(=O)N[C@H]3C[C@@H](C)C(C)(C)[C@@H](C)[C@@H]3C)c2OC)cc(N(C)C)c1. The summed E-state index contributed by atoms with van der Waals surface area (Å²) in [6, 6.07) is 21.1. The first kappa shape index (κ1) is 40.2. The molecule has 3 aromatic rings. The van der Waals surface area contributed by atoms with E-state index in [2.05, 4.69) is 62.7 Å². The molecule has 1 aliphatic heterocycles. The Morgan fingerprint density at radius 3 is 2.42 bits per heavy atom. The highest BCUT2D eigenvalue weighted by atomic mass is 16.7. The van der Waals surface area contributed by atoms with Gasteiger partial charge in [-0.25, -0.2) is 0 Å². The highest BCUT2D eigenvalue weighted by Crippen LogP contribution is 2.47. The Kier molecular flexibility index (Phi) is 12.9. The summed E-state index contributed by atoms with van der Waals surface area (Å²) in [5, 5.41) is 22.8. The zero-order valence-electron chi connectivity index (χ0n) is 33.3. The van der Waals surface area contributed by atoms with E-state index in [1.165, 1.54) is 0 Å². The lowest BCUT2D eigenvalue weighted by Crippen LogP contribution is -2.57. The van der Waals surface area contributed by atoms with Crippen molar-refractivity contribution in [3.63, 3.8) is 0 Å². The van der Waals surface area contributed by atoms with Crippen LogP contribution in [0.4, 0.5) is 5.69 Å². The van der Waals surface area contributed by atoms with Crippen molar-refractivity contribution in [1.29, 1.82) is 0 Å². The second kappa shape index (κ2) is 17.0. The van der Waals surface area contributed by atoms with Crippen LogP contribution in [0, 0.1) is 29.1 Å². The molecule has 2 amide bonds. The van der Waals surface area contributed by atoms with Crippen LogP contribution in [-0.2, 0) is 22.7 Å². The number of amides is 2. The molecule has 0 unspecified atom stereocenters. The molecule has 1 heterocycles. The molecular weight excluding hydrogens is 667 g/mol.